The molecule has 1 heterocycles. The average Bonchev–Trinajstić information content (AvgIpc) is 3.16. The van der Waals surface area contributed by atoms with Gasteiger partial charge in [0.25, 0.3) is 0 Å². The van der Waals surface area contributed by atoms with Crippen LogP contribution in [0.5, 0.6) is 0 Å². The van der Waals surface area contributed by atoms with Gasteiger partial charge < -0.3 is 10.1 Å². The van der Waals surface area contributed by atoms with Crippen LogP contribution >= 0.6 is 23.1 Å². The number of esters is 1. The van der Waals surface area contributed by atoms with Gasteiger partial charge in [0.15, 0.2) is 5.13 Å². The zero-order chi connectivity index (χ0) is 14.9. The number of rotatable bonds is 6. The Hall–Kier alpha value is -0.750. The molecular formula is C15H22N2O2S2. The van der Waals surface area contributed by atoms with Crippen LogP contribution in [0.15, 0.2) is 0 Å². The van der Waals surface area contributed by atoms with E-state index in [1.807, 2.05) is 18.7 Å². The molecule has 6 heteroatoms. The molecule has 0 bridgehead atoms. The minimum atomic E-state index is -0.157. The molecule has 3 rings (SSSR count). The first-order valence-electron chi connectivity index (χ1n) is 7.63. The SMILES string of the molecule is CCOC(=O)C1CCCc2sc(NCC3(SC)CC3)nc21. The lowest BCUT2D eigenvalue weighted by Gasteiger charge is -2.19. The standard InChI is InChI=1S/C15H22N2O2S2/c1-3-19-13(18)10-5-4-6-11-12(10)17-14(21-11)16-9-15(20-2)7-8-15/h10H,3-9H2,1-2H3,(H,16,17). The van der Waals surface area contributed by atoms with Gasteiger partial charge >= 0.3 is 5.97 Å². The minimum absolute atomic E-state index is 0.113. The predicted octanol–water partition coefficient (Wildman–Crippen LogP) is 3.43. The lowest BCUT2D eigenvalue weighted by Crippen LogP contribution is -2.21. The number of nitrogens with one attached hydrogen (secondary N) is 1. The third kappa shape index (κ3) is 3.21. The molecule has 0 spiro atoms. The Morgan fingerprint density at radius 2 is 2.38 bits per heavy atom. The van der Waals surface area contributed by atoms with Crippen molar-refractivity contribution in [1.29, 1.82) is 0 Å². The van der Waals surface area contributed by atoms with Crippen molar-refractivity contribution in [3.63, 3.8) is 0 Å². The molecule has 1 N–H and O–H groups in total. The number of fused-ring (bicyclic) bond motifs is 1. The van der Waals surface area contributed by atoms with Crippen molar-refractivity contribution in [1.82, 2.24) is 4.98 Å². The molecule has 0 aromatic carbocycles. The zero-order valence-corrected chi connectivity index (χ0v) is 14.2. The molecular weight excluding hydrogens is 304 g/mol. The number of nitrogens with zero attached hydrogens (tertiary/aromatic N) is 1. The van der Waals surface area contributed by atoms with E-state index >= 15 is 0 Å². The molecule has 1 unspecified atom stereocenters. The monoisotopic (exact) mass is 326 g/mol. The highest BCUT2D eigenvalue weighted by molar-refractivity contribution is 8.00. The van der Waals surface area contributed by atoms with Crippen molar-refractivity contribution in [2.45, 2.75) is 49.7 Å². The first-order valence-corrected chi connectivity index (χ1v) is 9.67. The quantitative estimate of drug-likeness (QED) is 0.812. The van der Waals surface area contributed by atoms with Crippen LogP contribution in [-0.2, 0) is 16.0 Å². The van der Waals surface area contributed by atoms with E-state index in [2.05, 4.69) is 11.6 Å². The maximum absolute atomic E-state index is 12.1. The Balaban J connectivity index is 1.70. The van der Waals surface area contributed by atoms with Crippen molar-refractivity contribution < 1.29 is 9.53 Å². The normalized spacial score (nSPS) is 22.5. The van der Waals surface area contributed by atoms with Gasteiger partial charge in [0, 0.05) is 16.2 Å². The summed E-state index contributed by atoms with van der Waals surface area (Å²) in [5, 5.41) is 4.45. The van der Waals surface area contributed by atoms with Crippen LogP contribution in [0.25, 0.3) is 0 Å². The van der Waals surface area contributed by atoms with E-state index in [-0.39, 0.29) is 11.9 Å². The van der Waals surface area contributed by atoms with E-state index in [0.717, 1.165) is 36.6 Å². The molecule has 2 aliphatic rings. The van der Waals surface area contributed by atoms with Gasteiger partial charge in [-0.3, -0.25) is 4.79 Å². The highest BCUT2D eigenvalue weighted by atomic mass is 32.2. The Labute approximate surface area is 134 Å². The van der Waals surface area contributed by atoms with Gasteiger partial charge in [-0.15, -0.1) is 11.3 Å². The fraction of sp³-hybridized carbons (Fsp3) is 0.733. The third-order valence-corrected chi connectivity index (χ3v) is 6.84. The largest absolute Gasteiger partial charge is 0.465 e. The van der Waals surface area contributed by atoms with Gasteiger partial charge in [0.1, 0.15) is 5.92 Å². The number of thiazole rings is 1. The Morgan fingerprint density at radius 3 is 3.05 bits per heavy atom. The van der Waals surface area contributed by atoms with Crippen molar-refractivity contribution in [3.8, 4) is 0 Å². The Morgan fingerprint density at radius 1 is 1.57 bits per heavy atom. The first-order chi connectivity index (χ1) is 10.2. The molecule has 21 heavy (non-hydrogen) atoms. The minimum Gasteiger partial charge on any atom is -0.465 e. The molecule has 1 fully saturated rings. The lowest BCUT2D eigenvalue weighted by atomic mass is 9.91. The summed E-state index contributed by atoms with van der Waals surface area (Å²) in [7, 11) is 0. The number of ether oxygens (including phenoxy) is 1. The molecule has 0 amide bonds. The topological polar surface area (TPSA) is 51.2 Å². The van der Waals surface area contributed by atoms with E-state index in [9.17, 15) is 4.79 Å². The summed E-state index contributed by atoms with van der Waals surface area (Å²) in [5.74, 6) is -0.269. The molecule has 116 valence electrons. The summed E-state index contributed by atoms with van der Waals surface area (Å²) in [6, 6.07) is 0. The first kappa shape index (κ1) is 15.2. The van der Waals surface area contributed by atoms with Crippen LogP contribution in [0.2, 0.25) is 0 Å². The maximum Gasteiger partial charge on any atom is 0.315 e. The fourth-order valence-corrected chi connectivity index (χ4v) is 4.58. The number of aromatic nitrogens is 1. The Kier molecular flexibility index (Phi) is 4.45. The van der Waals surface area contributed by atoms with Crippen LogP contribution in [0.4, 0.5) is 5.13 Å². The summed E-state index contributed by atoms with van der Waals surface area (Å²) < 4.78 is 5.61. The molecule has 2 aliphatic carbocycles. The number of carbonyl (C=O) groups excluding carboxylic acids is 1. The predicted molar refractivity (Wildman–Crippen MR) is 88.4 cm³/mol. The molecule has 1 aromatic rings. The number of anilines is 1. The summed E-state index contributed by atoms with van der Waals surface area (Å²) in [4.78, 5) is 18.0. The van der Waals surface area contributed by atoms with Gasteiger partial charge in [-0.05, 0) is 45.3 Å². The van der Waals surface area contributed by atoms with Crippen LogP contribution in [-0.4, -0.2) is 35.1 Å². The van der Waals surface area contributed by atoms with Gasteiger partial charge in [-0.2, -0.15) is 11.8 Å². The fourth-order valence-electron chi connectivity index (χ4n) is 2.80. The number of hydrogen-bond donors (Lipinski definition) is 1. The molecule has 1 aromatic heterocycles. The van der Waals surface area contributed by atoms with Crippen LogP contribution in [0.3, 0.4) is 0 Å². The van der Waals surface area contributed by atoms with Crippen molar-refractivity contribution in [2.75, 3.05) is 24.7 Å². The summed E-state index contributed by atoms with van der Waals surface area (Å²) in [5.41, 5.74) is 0.959. The molecule has 1 atom stereocenters. The molecule has 1 saturated carbocycles. The highest BCUT2D eigenvalue weighted by Crippen LogP contribution is 2.47. The molecule has 4 nitrogen and oxygen atoms in total. The van der Waals surface area contributed by atoms with E-state index in [0.29, 0.717) is 11.4 Å². The van der Waals surface area contributed by atoms with Crippen molar-refractivity contribution in [3.05, 3.63) is 10.6 Å². The highest BCUT2D eigenvalue weighted by Gasteiger charge is 2.42. The van der Waals surface area contributed by atoms with Gasteiger partial charge in [0.05, 0.1) is 12.3 Å². The summed E-state index contributed by atoms with van der Waals surface area (Å²) >= 11 is 3.66. The number of carbonyl (C=O) groups is 1. The number of aryl methyl sites for hydroxylation is 1. The van der Waals surface area contributed by atoms with Crippen molar-refractivity contribution >= 4 is 34.2 Å². The Bertz CT molecular complexity index is 526. The van der Waals surface area contributed by atoms with Crippen LogP contribution < -0.4 is 5.32 Å². The molecule has 0 radical (unpaired) electrons. The molecule has 0 aliphatic heterocycles. The van der Waals surface area contributed by atoms with Gasteiger partial charge in [-0.25, -0.2) is 4.98 Å². The number of thioether (sulfide) groups is 1. The second-order valence-corrected chi connectivity index (χ2v) is 8.12. The van der Waals surface area contributed by atoms with E-state index in [1.165, 1.54) is 17.7 Å². The summed E-state index contributed by atoms with van der Waals surface area (Å²) in [6.07, 6.45) is 7.71. The smallest absolute Gasteiger partial charge is 0.315 e. The molecule has 0 saturated heterocycles. The second-order valence-electron chi connectivity index (χ2n) is 5.76. The van der Waals surface area contributed by atoms with Gasteiger partial charge in [-0.1, -0.05) is 0 Å². The van der Waals surface area contributed by atoms with E-state index in [4.69, 9.17) is 9.72 Å². The zero-order valence-electron chi connectivity index (χ0n) is 12.6. The maximum atomic E-state index is 12.1. The van der Waals surface area contributed by atoms with Crippen molar-refractivity contribution in [2.24, 2.45) is 0 Å². The number of hydrogen-bond acceptors (Lipinski definition) is 6. The second kappa shape index (κ2) is 6.16. The van der Waals surface area contributed by atoms with E-state index in [1.54, 1.807) is 11.3 Å². The van der Waals surface area contributed by atoms with Crippen LogP contribution in [0.1, 0.15) is 49.1 Å². The third-order valence-electron chi connectivity index (χ3n) is 4.33. The van der Waals surface area contributed by atoms with Gasteiger partial charge in [0.2, 0.25) is 0 Å². The summed E-state index contributed by atoms with van der Waals surface area (Å²) in [6.45, 7) is 3.27. The van der Waals surface area contributed by atoms with Crippen LogP contribution in [0, 0.1) is 0 Å². The lowest BCUT2D eigenvalue weighted by molar-refractivity contribution is -0.145. The average molecular weight is 326 g/mol. The van der Waals surface area contributed by atoms with E-state index < -0.39 is 0 Å².